The average Bonchev–Trinajstić information content (AvgIpc) is 2.43. The van der Waals surface area contributed by atoms with Crippen LogP contribution in [0.25, 0.3) is 0 Å². The molecule has 1 N–H and O–H groups in total. The van der Waals surface area contributed by atoms with E-state index in [0.717, 1.165) is 26.2 Å². The van der Waals surface area contributed by atoms with Gasteiger partial charge in [-0.1, -0.05) is 12.1 Å². The highest BCUT2D eigenvalue weighted by Crippen LogP contribution is 2.22. The van der Waals surface area contributed by atoms with Crippen LogP contribution < -0.4 is 10.2 Å². The molecule has 110 valence electrons. The molecule has 0 atom stereocenters. The molecule has 1 aliphatic rings. The van der Waals surface area contributed by atoms with Gasteiger partial charge in [0.05, 0.1) is 6.54 Å². The largest absolute Gasteiger partial charge is 0.369 e. The van der Waals surface area contributed by atoms with E-state index in [1.54, 1.807) is 0 Å². The first-order chi connectivity index (χ1) is 9.60. The molecule has 2 rings (SSSR count). The Kier molecular flexibility index (Phi) is 5.01. The normalized spacial score (nSPS) is 16.2. The van der Waals surface area contributed by atoms with Gasteiger partial charge in [-0.25, -0.2) is 0 Å². The number of rotatable bonds is 4. The van der Waals surface area contributed by atoms with Gasteiger partial charge >= 0.3 is 0 Å². The number of piperazine rings is 1. The second kappa shape index (κ2) is 6.75. The number of carbonyl (C=O) groups is 1. The summed E-state index contributed by atoms with van der Waals surface area (Å²) in [6.07, 6.45) is 0. The summed E-state index contributed by atoms with van der Waals surface area (Å²) in [6.45, 7) is 11.4. The lowest BCUT2D eigenvalue weighted by Crippen LogP contribution is -2.49. The SMILES string of the molecule is CCNC(=O)CN1CCN(c2cc(C)ccc2C)CC1. The standard InChI is InChI=1S/C16H25N3O/c1-4-17-16(20)12-18-7-9-19(10-8-18)15-11-13(2)5-6-14(15)3/h5-6,11H,4,7-10,12H2,1-3H3,(H,17,20). The molecule has 1 saturated heterocycles. The van der Waals surface area contributed by atoms with Crippen LogP contribution in [0.4, 0.5) is 5.69 Å². The van der Waals surface area contributed by atoms with Gasteiger partial charge in [-0.05, 0) is 38.0 Å². The molecule has 20 heavy (non-hydrogen) atoms. The number of benzene rings is 1. The fraction of sp³-hybridized carbons (Fsp3) is 0.562. The minimum Gasteiger partial charge on any atom is -0.369 e. The van der Waals surface area contributed by atoms with Gasteiger partial charge < -0.3 is 10.2 Å². The zero-order valence-corrected chi connectivity index (χ0v) is 12.8. The first kappa shape index (κ1) is 14.9. The molecule has 0 radical (unpaired) electrons. The topological polar surface area (TPSA) is 35.6 Å². The number of hydrogen-bond donors (Lipinski definition) is 1. The summed E-state index contributed by atoms with van der Waals surface area (Å²) in [5, 5.41) is 2.86. The van der Waals surface area contributed by atoms with Crippen molar-refractivity contribution in [2.24, 2.45) is 0 Å². The summed E-state index contributed by atoms with van der Waals surface area (Å²) in [5.74, 6) is 0.132. The van der Waals surface area contributed by atoms with Crippen molar-refractivity contribution in [1.82, 2.24) is 10.2 Å². The van der Waals surface area contributed by atoms with Gasteiger partial charge in [0.1, 0.15) is 0 Å². The minimum atomic E-state index is 0.132. The van der Waals surface area contributed by atoms with Gasteiger partial charge in [0, 0.05) is 38.4 Å². The smallest absolute Gasteiger partial charge is 0.234 e. The molecule has 4 nitrogen and oxygen atoms in total. The van der Waals surface area contributed by atoms with E-state index in [1.165, 1.54) is 16.8 Å². The predicted octanol–water partition coefficient (Wildman–Crippen LogP) is 1.56. The average molecular weight is 275 g/mol. The Balaban J connectivity index is 1.91. The molecule has 0 bridgehead atoms. The molecule has 0 aliphatic carbocycles. The number of aryl methyl sites for hydroxylation is 2. The Hall–Kier alpha value is -1.55. The van der Waals surface area contributed by atoms with Crippen molar-refractivity contribution in [3.05, 3.63) is 29.3 Å². The summed E-state index contributed by atoms with van der Waals surface area (Å²) >= 11 is 0. The Morgan fingerprint density at radius 1 is 1.20 bits per heavy atom. The van der Waals surface area contributed by atoms with Gasteiger partial charge in [-0.15, -0.1) is 0 Å². The van der Waals surface area contributed by atoms with Gasteiger partial charge in [0.25, 0.3) is 0 Å². The molecule has 1 fully saturated rings. The summed E-state index contributed by atoms with van der Waals surface area (Å²) in [5.41, 5.74) is 3.96. The minimum absolute atomic E-state index is 0.132. The lowest BCUT2D eigenvalue weighted by atomic mass is 10.1. The van der Waals surface area contributed by atoms with Gasteiger partial charge in [0.2, 0.25) is 5.91 Å². The summed E-state index contributed by atoms with van der Waals surface area (Å²) in [6, 6.07) is 6.60. The van der Waals surface area contributed by atoms with Crippen LogP contribution >= 0.6 is 0 Å². The maximum Gasteiger partial charge on any atom is 0.234 e. The second-order valence-corrected chi connectivity index (χ2v) is 5.51. The van der Waals surface area contributed by atoms with Crippen molar-refractivity contribution in [2.75, 3.05) is 44.2 Å². The van der Waals surface area contributed by atoms with E-state index in [1.807, 2.05) is 6.92 Å². The van der Waals surface area contributed by atoms with Crippen molar-refractivity contribution in [2.45, 2.75) is 20.8 Å². The first-order valence-corrected chi connectivity index (χ1v) is 7.41. The van der Waals surface area contributed by atoms with Crippen LogP contribution in [0, 0.1) is 13.8 Å². The molecule has 1 aromatic carbocycles. The van der Waals surface area contributed by atoms with E-state index in [2.05, 4.69) is 47.2 Å². The molecule has 1 aliphatic heterocycles. The zero-order chi connectivity index (χ0) is 14.5. The number of amides is 1. The van der Waals surface area contributed by atoms with Crippen LogP contribution in [0.15, 0.2) is 18.2 Å². The molecule has 1 amide bonds. The molecule has 1 heterocycles. The summed E-state index contributed by atoms with van der Waals surface area (Å²) < 4.78 is 0. The van der Waals surface area contributed by atoms with Crippen LogP contribution in [0.2, 0.25) is 0 Å². The van der Waals surface area contributed by atoms with E-state index in [4.69, 9.17) is 0 Å². The monoisotopic (exact) mass is 275 g/mol. The van der Waals surface area contributed by atoms with Crippen molar-refractivity contribution in [3.63, 3.8) is 0 Å². The third-order valence-electron chi connectivity index (χ3n) is 3.82. The number of carbonyl (C=O) groups excluding carboxylic acids is 1. The second-order valence-electron chi connectivity index (χ2n) is 5.51. The lowest BCUT2D eigenvalue weighted by Gasteiger charge is -2.36. The van der Waals surface area contributed by atoms with Gasteiger partial charge in [-0.3, -0.25) is 9.69 Å². The molecular weight excluding hydrogens is 250 g/mol. The van der Waals surface area contributed by atoms with Gasteiger partial charge in [0.15, 0.2) is 0 Å². The molecular formula is C16H25N3O. The van der Waals surface area contributed by atoms with E-state index in [-0.39, 0.29) is 5.91 Å². The Morgan fingerprint density at radius 3 is 2.55 bits per heavy atom. The zero-order valence-electron chi connectivity index (χ0n) is 12.8. The number of nitrogens with one attached hydrogen (secondary N) is 1. The number of hydrogen-bond acceptors (Lipinski definition) is 3. The Labute approximate surface area is 121 Å². The highest BCUT2D eigenvalue weighted by Gasteiger charge is 2.19. The van der Waals surface area contributed by atoms with Crippen LogP contribution in [-0.2, 0) is 4.79 Å². The van der Waals surface area contributed by atoms with E-state index in [0.29, 0.717) is 13.1 Å². The molecule has 0 unspecified atom stereocenters. The highest BCUT2D eigenvalue weighted by atomic mass is 16.2. The summed E-state index contributed by atoms with van der Waals surface area (Å²) in [7, 11) is 0. The lowest BCUT2D eigenvalue weighted by molar-refractivity contribution is -0.122. The predicted molar refractivity (Wildman–Crippen MR) is 83.3 cm³/mol. The van der Waals surface area contributed by atoms with Crippen LogP contribution in [0.1, 0.15) is 18.1 Å². The third kappa shape index (κ3) is 3.73. The van der Waals surface area contributed by atoms with Crippen molar-refractivity contribution < 1.29 is 4.79 Å². The van der Waals surface area contributed by atoms with Crippen LogP contribution in [0.5, 0.6) is 0 Å². The maximum absolute atomic E-state index is 11.6. The fourth-order valence-corrected chi connectivity index (χ4v) is 2.66. The van der Waals surface area contributed by atoms with E-state index in [9.17, 15) is 4.79 Å². The number of anilines is 1. The third-order valence-corrected chi connectivity index (χ3v) is 3.82. The van der Waals surface area contributed by atoms with E-state index >= 15 is 0 Å². The van der Waals surface area contributed by atoms with Crippen molar-refractivity contribution in [1.29, 1.82) is 0 Å². The Bertz CT molecular complexity index is 465. The van der Waals surface area contributed by atoms with E-state index < -0.39 is 0 Å². The quantitative estimate of drug-likeness (QED) is 0.906. The van der Waals surface area contributed by atoms with Crippen molar-refractivity contribution in [3.8, 4) is 0 Å². The molecule has 1 aromatic rings. The molecule has 0 saturated carbocycles. The number of nitrogens with zero attached hydrogens (tertiary/aromatic N) is 2. The number of likely N-dealkylation sites (N-methyl/N-ethyl adjacent to an activating group) is 1. The summed E-state index contributed by atoms with van der Waals surface area (Å²) in [4.78, 5) is 16.3. The molecule has 0 spiro atoms. The molecule has 0 aromatic heterocycles. The fourth-order valence-electron chi connectivity index (χ4n) is 2.66. The van der Waals surface area contributed by atoms with Crippen molar-refractivity contribution >= 4 is 11.6 Å². The van der Waals surface area contributed by atoms with Gasteiger partial charge in [-0.2, -0.15) is 0 Å². The maximum atomic E-state index is 11.6. The van der Waals surface area contributed by atoms with Crippen LogP contribution in [-0.4, -0.2) is 50.1 Å². The highest BCUT2D eigenvalue weighted by molar-refractivity contribution is 5.78. The van der Waals surface area contributed by atoms with Crippen LogP contribution in [0.3, 0.4) is 0 Å². The first-order valence-electron chi connectivity index (χ1n) is 7.41. The molecule has 4 heteroatoms. The Morgan fingerprint density at radius 2 is 1.90 bits per heavy atom.